The van der Waals surface area contributed by atoms with E-state index in [1.165, 1.54) is 0 Å². The van der Waals surface area contributed by atoms with E-state index >= 15 is 0 Å². The Morgan fingerprint density at radius 1 is 1.40 bits per heavy atom. The van der Waals surface area contributed by atoms with Gasteiger partial charge in [0, 0.05) is 5.41 Å². The number of carboxylic acid groups (broad SMARTS) is 1. The molecule has 0 spiro atoms. The fourth-order valence-corrected chi connectivity index (χ4v) is 1.90. The molecular formula is C10H17NO4. The van der Waals surface area contributed by atoms with Crippen LogP contribution in [0.15, 0.2) is 0 Å². The first-order chi connectivity index (χ1) is 6.99. The van der Waals surface area contributed by atoms with Gasteiger partial charge in [0.1, 0.15) is 6.04 Å². The molecule has 1 saturated carbocycles. The number of carboxylic acids is 1. The van der Waals surface area contributed by atoms with Gasteiger partial charge in [0.2, 0.25) is 5.91 Å². The van der Waals surface area contributed by atoms with Crippen molar-refractivity contribution in [2.24, 2.45) is 5.41 Å². The third-order valence-corrected chi connectivity index (χ3v) is 3.04. The van der Waals surface area contributed by atoms with E-state index in [9.17, 15) is 9.59 Å². The molecule has 0 bridgehead atoms. The van der Waals surface area contributed by atoms with Gasteiger partial charge in [-0.05, 0) is 12.8 Å². The Kier molecular flexibility index (Phi) is 3.68. The molecule has 0 aromatic rings. The summed E-state index contributed by atoms with van der Waals surface area (Å²) < 4.78 is 0. The number of aliphatic carboxylic acids is 1. The molecule has 0 aliphatic heterocycles. The van der Waals surface area contributed by atoms with Crippen LogP contribution in [0.1, 0.15) is 32.6 Å². The van der Waals surface area contributed by atoms with Crippen LogP contribution in [-0.2, 0) is 9.59 Å². The van der Waals surface area contributed by atoms with Gasteiger partial charge in [0.05, 0.1) is 6.61 Å². The number of aliphatic hydroxyl groups is 1. The summed E-state index contributed by atoms with van der Waals surface area (Å²) in [6, 6.07) is -1.19. The van der Waals surface area contributed by atoms with Crippen molar-refractivity contribution in [1.82, 2.24) is 5.32 Å². The lowest BCUT2D eigenvalue weighted by atomic mass is 9.87. The molecule has 0 radical (unpaired) electrons. The van der Waals surface area contributed by atoms with Gasteiger partial charge in [-0.1, -0.05) is 19.8 Å². The first-order valence-electron chi connectivity index (χ1n) is 5.14. The van der Waals surface area contributed by atoms with Gasteiger partial charge in [0.15, 0.2) is 0 Å². The number of amides is 1. The van der Waals surface area contributed by atoms with Crippen LogP contribution in [0.4, 0.5) is 0 Å². The van der Waals surface area contributed by atoms with Crippen molar-refractivity contribution in [2.45, 2.75) is 38.6 Å². The average Bonchev–Trinajstić information content (AvgIpc) is 2.61. The van der Waals surface area contributed by atoms with Crippen LogP contribution in [0.25, 0.3) is 0 Å². The van der Waals surface area contributed by atoms with Crippen LogP contribution in [-0.4, -0.2) is 34.7 Å². The standard InChI is InChI=1S/C10H17NO4/c1-10(4-2-3-5-10)9(15)11-7(6-12)8(13)14/h7,12H,2-6H2,1H3,(H,11,15)(H,13,14). The Hall–Kier alpha value is -1.10. The highest BCUT2D eigenvalue weighted by atomic mass is 16.4. The quantitative estimate of drug-likeness (QED) is 0.622. The predicted molar refractivity (Wildman–Crippen MR) is 53.2 cm³/mol. The molecule has 1 unspecified atom stereocenters. The summed E-state index contributed by atoms with van der Waals surface area (Å²) in [6.45, 7) is 1.27. The van der Waals surface area contributed by atoms with E-state index < -0.39 is 24.0 Å². The van der Waals surface area contributed by atoms with Crippen molar-refractivity contribution >= 4 is 11.9 Å². The third-order valence-electron chi connectivity index (χ3n) is 3.04. The zero-order valence-electron chi connectivity index (χ0n) is 8.82. The molecule has 1 amide bonds. The topological polar surface area (TPSA) is 86.6 Å². The van der Waals surface area contributed by atoms with E-state index in [-0.39, 0.29) is 5.91 Å². The molecule has 3 N–H and O–H groups in total. The molecule has 1 atom stereocenters. The Labute approximate surface area is 88.5 Å². The third kappa shape index (κ3) is 2.68. The SMILES string of the molecule is CC1(C(=O)NC(CO)C(=O)O)CCCC1. The van der Waals surface area contributed by atoms with Crippen molar-refractivity contribution in [2.75, 3.05) is 6.61 Å². The van der Waals surface area contributed by atoms with Crippen LogP contribution < -0.4 is 5.32 Å². The smallest absolute Gasteiger partial charge is 0.328 e. The second kappa shape index (κ2) is 4.61. The first kappa shape index (κ1) is 12.0. The van der Waals surface area contributed by atoms with Gasteiger partial charge in [0.25, 0.3) is 0 Å². The molecular weight excluding hydrogens is 198 g/mol. The van der Waals surface area contributed by atoms with Gasteiger partial charge in [-0.25, -0.2) is 4.79 Å². The fourth-order valence-electron chi connectivity index (χ4n) is 1.90. The maximum Gasteiger partial charge on any atom is 0.328 e. The average molecular weight is 215 g/mol. The van der Waals surface area contributed by atoms with E-state index in [1.807, 2.05) is 6.92 Å². The molecule has 86 valence electrons. The highest BCUT2D eigenvalue weighted by Crippen LogP contribution is 2.37. The van der Waals surface area contributed by atoms with Gasteiger partial charge in [-0.15, -0.1) is 0 Å². The Morgan fingerprint density at radius 2 is 1.93 bits per heavy atom. The van der Waals surface area contributed by atoms with E-state index in [0.717, 1.165) is 25.7 Å². The summed E-state index contributed by atoms with van der Waals surface area (Å²) >= 11 is 0. The second-order valence-electron chi connectivity index (χ2n) is 4.31. The fraction of sp³-hybridized carbons (Fsp3) is 0.800. The van der Waals surface area contributed by atoms with Crippen LogP contribution >= 0.6 is 0 Å². The molecule has 0 aromatic heterocycles. The highest BCUT2D eigenvalue weighted by molar-refractivity contribution is 5.87. The van der Waals surface area contributed by atoms with Crippen molar-refractivity contribution < 1.29 is 19.8 Å². The minimum absolute atomic E-state index is 0.263. The number of hydrogen-bond donors (Lipinski definition) is 3. The molecule has 0 heterocycles. The number of carbonyl (C=O) groups is 2. The molecule has 15 heavy (non-hydrogen) atoms. The van der Waals surface area contributed by atoms with E-state index in [0.29, 0.717) is 0 Å². The van der Waals surface area contributed by atoms with Crippen LogP contribution in [0.2, 0.25) is 0 Å². The van der Waals surface area contributed by atoms with Crippen LogP contribution in [0.5, 0.6) is 0 Å². The molecule has 5 nitrogen and oxygen atoms in total. The second-order valence-corrected chi connectivity index (χ2v) is 4.31. The monoisotopic (exact) mass is 215 g/mol. The first-order valence-corrected chi connectivity index (χ1v) is 5.14. The lowest BCUT2D eigenvalue weighted by Gasteiger charge is -2.24. The molecule has 0 saturated heterocycles. The van der Waals surface area contributed by atoms with Crippen molar-refractivity contribution in [3.63, 3.8) is 0 Å². The molecule has 5 heteroatoms. The number of aliphatic hydroxyl groups excluding tert-OH is 1. The minimum atomic E-state index is -1.20. The van der Waals surface area contributed by atoms with Crippen molar-refractivity contribution in [3.8, 4) is 0 Å². The minimum Gasteiger partial charge on any atom is -0.480 e. The number of rotatable bonds is 4. The zero-order chi connectivity index (χ0) is 11.5. The Morgan fingerprint density at radius 3 is 2.33 bits per heavy atom. The summed E-state index contributed by atoms with van der Waals surface area (Å²) in [5, 5.41) is 19.8. The van der Waals surface area contributed by atoms with Gasteiger partial charge >= 0.3 is 5.97 Å². The van der Waals surface area contributed by atoms with E-state index in [2.05, 4.69) is 5.32 Å². The molecule has 1 rings (SSSR count). The van der Waals surface area contributed by atoms with Crippen molar-refractivity contribution in [1.29, 1.82) is 0 Å². The summed E-state index contributed by atoms with van der Waals surface area (Å²) in [5.74, 6) is -1.46. The lowest BCUT2D eigenvalue weighted by Crippen LogP contribution is -2.48. The number of carbonyl (C=O) groups excluding carboxylic acids is 1. The molecule has 0 aromatic carbocycles. The summed E-state index contributed by atoms with van der Waals surface area (Å²) in [6.07, 6.45) is 3.58. The Balaban J connectivity index is 2.57. The highest BCUT2D eigenvalue weighted by Gasteiger charge is 2.37. The predicted octanol–water partition coefficient (Wildman–Crippen LogP) is 0.128. The van der Waals surface area contributed by atoms with Crippen LogP contribution in [0, 0.1) is 5.41 Å². The molecule has 1 aliphatic carbocycles. The number of hydrogen-bond acceptors (Lipinski definition) is 3. The van der Waals surface area contributed by atoms with E-state index in [1.54, 1.807) is 0 Å². The maximum atomic E-state index is 11.8. The maximum absolute atomic E-state index is 11.8. The Bertz CT molecular complexity index is 258. The van der Waals surface area contributed by atoms with Crippen molar-refractivity contribution in [3.05, 3.63) is 0 Å². The normalized spacial score (nSPS) is 20.9. The summed E-state index contributed by atoms with van der Waals surface area (Å²) in [4.78, 5) is 22.4. The summed E-state index contributed by atoms with van der Waals surface area (Å²) in [7, 11) is 0. The van der Waals surface area contributed by atoms with Gasteiger partial charge in [-0.3, -0.25) is 4.79 Å². The van der Waals surface area contributed by atoms with Crippen LogP contribution in [0.3, 0.4) is 0 Å². The molecule has 1 aliphatic rings. The molecule has 1 fully saturated rings. The lowest BCUT2D eigenvalue weighted by molar-refractivity contribution is -0.144. The zero-order valence-corrected chi connectivity index (χ0v) is 8.82. The van der Waals surface area contributed by atoms with Gasteiger partial charge < -0.3 is 15.5 Å². The largest absolute Gasteiger partial charge is 0.480 e. The van der Waals surface area contributed by atoms with E-state index in [4.69, 9.17) is 10.2 Å². The van der Waals surface area contributed by atoms with Gasteiger partial charge in [-0.2, -0.15) is 0 Å². The summed E-state index contributed by atoms with van der Waals surface area (Å²) in [5.41, 5.74) is -0.455. The number of nitrogens with one attached hydrogen (secondary N) is 1.